The zero-order chi connectivity index (χ0) is 32.6. The van der Waals surface area contributed by atoms with Crippen LogP contribution in [0.4, 0.5) is 0 Å². The van der Waals surface area contributed by atoms with Crippen LogP contribution in [0.5, 0.6) is 0 Å². The molecule has 49 heavy (non-hydrogen) atoms. The predicted octanol–water partition coefficient (Wildman–Crippen LogP) is 4.30. The van der Waals surface area contributed by atoms with E-state index < -0.39 is 0 Å². The monoisotopic (exact) mass is 764 g/mol. The van der Waals surface area contributed by atoms with Gasteiger partial charge in [-0.1, -0.05) is 0 Å². The van der Waals surface area contributed by atoms with Crippen molar-refractivity contribution in [3.05, 3.63) is 125 Å². The van der Waals surface area contributed by atoms with Crippen LogP contribution >= 0.6 is 0 Å². The van der Waals surface area contributed by atoms with Gasteiger partial charge in [-0.3, -0.25) is 0 Å². The van der Waals surface area contributed by atoms with Crippen LogP contribution in [-0.4, -0.2) is 45.8 Å². The number of fused-ring (bicyclic) bond motifs is 10. The molecule has 4 aliphatic rings. The van der Waals surface area contributed by atoms with E-state index in [0.29, 0.717) is 6.71 Å². The summed E-state index contributed by atoms with van der Waals surface area (Å²) in [6.45, 7) is 7.46. The Morgan fingerprint density at radius 1 is 0.551 bits per heavy atom. The summed E-state index contributed by atoms with van der Waals surface area (Å²) in [4.78, 5) is 0. The molecule has 0 amide bonds. The van der Waals surface area contributed by atoms with Crippen LogP contribution in [-0.2, 0) is 31.1 Å². The molecule has 0 saturated carbocycles. The third-order valence-electron chi connectivity index (χ3n) is 11.7. The van der Waals surface area contributed by atoms with E-state index >= 15 is 0 Å². The minimum absolute atomic E-state index is 0.118. The van der Waals surface area contributed by atoms with Crippen molar-refractivity contribution in [1.82, 2.24) is 9.13 Å². The zero-order valence-corrected chi connectivity index (χ0v) is 31.7. The van der Waals surface area contributed by atoms with Gasteiger partial charge >= 0.3 is 303 Å². The van der Waals surface area contributed by atoms with E-state index in [0.717, 1.165) is 0 Å². The molecule has 2 nitrogen and oxygen atoms in total. The normalized spacial score (nSPS) is 15.8. The predicted molar refractivity (Wildman–Crippen MR) is 210 cm³/mol. The van der Waals surface area contributed by atoms with Gasteiger partial charge in [0.05, 0.1) is 0 Å². The molecule has 2 aromatic heterocycles. The minimum atomic E-state index is 0.118. The molecule has 0 unspecified atom stereocenters. The molecule has 7 aromatic rings. The number of benzene rings is 5. The van der Waals surface area contributed by atoms with Gasteiger partial charge in [-0.05, 0) is 0 Å². The first-order chi connectivity index (χ1) is 23.9. The van der Waals surface area contributed by atoms with Crippen molar-refractivity contribution in [2.24, 2.45) is 0 Å². The van der Waals surface area contributed by atoms with Gasteiger partial charge in [-0.2, -0.15) is 0 Å². The molecule has 0 fully saturated rings. The maximum absolute atomic E-state index is 2.60. The number of aryl methyl sites for hydroxylation is 2. The van der Waals surface area contributed by atoms with Gasteiger partial charge in [0.15, 0.2) is 0 Å². The van der Waals surface area contributed by atoms with Gasteiger partial charge in [0.25, 0.3) is 0 Å². The van der Waals surface area contributed by atoms with Crippen molar-refractivity contribution in [2.75, 3.05) is 0 Å². The first-order valence-corrected chi connectivity index (χ1v) is 21.4. The Hall–Kier alpha value is -3.72. The summed E-state index contributed by atoms with van der Waals surface area (Å²) in [5.74, 6) is 0. The fraction of sp³-hybridized carbons (Fsp3) is 0.227. The summed E-state index contributed by atoms with van der Waals surface area (Å²) in [6, 6.07) is 38.4. The van der Waals surface area contributed by atoms with Crippen molar-refractivity contribution in [3.63, 3.8) is 0 Å². The number of hydrogen-bond donors (Lipinski definition) is 0. The Bertz CT molecular complexity index is 2400. The van der Waals surface area contributed by atoms with E-state index in [4.69, 9.17) is 0 Å². The average molecular weight is 763 g/mol. The molecular weight excluding hydrogens is 725 g/mol. The Morgan fingerprint density at radius 3 is 1.53 bits per heavy atom. The van der Waals surface area contributed by atoms with Crippen LogP contribution in [0.15, 0.2) is 97.1 Å². The van der Waals surface area contributed by atoms with Crippen LogP contribution in [0.3, 0.4) is 0 Å². The molecule has 0 spiro atoms. The zero-order valence-electron chi connectivity index (χ0n) is 28.3. The first-order valence-electron chi connectivity index (χ1n) is 18.0. The van der Waals surface area contributed by atoms with Crippen LogP contribution < -0.4 is 34.2 Å². The van der Waals surface area contributed by atoms with Gasteiger partial charge in [-0.25, -0.2) is 0 Å². The second kappa shape index (κ2) is 10.4. The van der Waals surface area contributed by atoms with Gasteiger partial charge in [0.1, 0.15) is 0 Å². The second-order valence-electron chi connectivity index (χ2n) is 15.5. The average Bonchev–Trinajstić information content (AvgIpc) is 3.89. The van der Waals surface area contributed by atoms with Crippen LogP contribution in [0.25, 0.3) is 33.2 Å². The molecule has 0 atom stereocenters. The van der Waals surface area contributed by atoms with Gasteiger partial charge in [0.2, 0.25) is 0 Å². The summed E-state index contributed by atoms with van der Waals surface area (Å²) >= 11 is 0.523. The summed E-state index contributed by atoms with van der Waals surface area (Å²) in [5.41, 5.74) is 18.0. The molecule has 0 radical (unpaired) electrons. The Labute approximate surface area is 301 Å². The fourth-order valence-corrected chi connectivity index (χ4v) is 15.0. The van der Waals surface area contributed by atoms with E-state index in [1.165, 1.54) is 99.6 Å². The molecular formula is C44H37BN2Se2. The molecule has 4 heterocycles. The van der Waals surface area contributed by atoms with Crippen molar-refractivity contribution in [2.45, 2.75) is 64.7 Å². The van der Waals surface area contributed by atoms with E-state index in [1.807, 2.05) is 0 Å². The van der Waals surface area contributed by atoms with E-state index in [1.54, 1.807) is 34.4 Å². The topological polar surface area (TPSA) is 9.86 Å². The number of aromatic nitrogens is 2. The fourth-order valence-electron chi connectivity index (χ4n) is 9.44. The van der Waals surface area contributed by atoms with Crippen LogP contribution in [0.2, 0.25) is 0 Å². The van der Waals surface area contributed by atoms with Crippen molar-refractivity contribution >= 4 is 92.7 Å². The van der Waals surface area contributed by atoms with E-state index in [-0.39, 0.29) is 35.3 Å². The Balaban J connectivity index is 1.11. The van der Waals surface area contributed by atoms with Gasteiger partial charge in [-0.15, -0.1) is 0 Å². The summed E-state index contributed by atoms with van der Waals surface area (Å²) in [6.07, 6.45) is 7.28. The molecule has 2 aliphatic carbocycles. The first kappa shape index (κ1) is 29.1. The van der Waals surface area contributed by atoms with Crippen molar-refractivity contribution in [1.29, 1.82) is 0 Å². The standard InChI is InChI=1S/C44H37BN2Se2/c1-44(2,3)26-22-41-43-42(23-26)49-40-25-28(47-36-15-7-5-11-30(36)32-13-9-17-38(32)47)19-21-34(40)45(43)33-20-18-27(24-39(33)48-41)46-35-14-6-4-10-29(35)31-12-8-16-37(31)46/h4-7,10-11,14-15,18-25H,8-9,12-13,16-17H2,1-3H3. The van der Waals surface area contributed by atoms with Gasteiger partial charge in [0, 0.05) is 0 Å². The quantitative estimate of drug-likeness (QED) is 0.233. The molecule has 5 aromatic carbocycles. The van der Waals surface area contributed by atoms with E-state index in [9.17, 15) is 0 Å². The second-order valence-corrected chi connectivity index (χ2v) is 20.0. The number of rotatable bonds is 2. The molecule has 0 saturated heterocycles. The number of para-hydroxylation sites is 2. The third-order valence-corrected chi connectivity index (χ3v) is 16.4. The van der Waals surface area contributed by atoms with E-state index in [2.05, 4.69) is 127 Å². The third kappa shape index (κ3) is 4.14. The maximum atomic E-state index is 2.60. The van der Waals surface area contributed by atoms with Crippen LogP contribution in [0, 0.1) is 0 Å². The van der Waals surface area contributed by atoms with Gasteiger partial charge < -0.3 is 0 Å². The molecule has 5 heteroatoms. The molecule has 2 aliphatic heterocycles. The summed E-state index contributed by atoms with van der Waals surface area (Å²) < 4.78 is 11.5. The SMILES string of the molecule is CC(C)(C)c1cc2c3c(c1)[Se]c1cc(-n4c5c(c6ccccc64)CCC5)ccc1B3c1ccc(-n3c4c(c5ccccc53)CCC4)cc1[Se]2. The number of nitrogens with zero attached hydrogens (tertiary/aromatic N) is 2. The van der Waals surface area contributed by atoms with Crippen LogP contribution in [0.1, 0.15) is 61.7 Å². The molecule has 0 N–H and O–H groups in total. The van der Waals surface area contributed by atoms with Crippen molar-refractivity contribution in [3.8, 4) is 11.4 Å². The Morgan fingerprint density at radius 2 is 1.04 bits per heavy atom. The molecule has 11 rings (SSSR count). The van der Waals surface area contributed by atoms with Crippen molar-refractivity contribution < 1.29 is 0 Å². The summed E-state index contributed by atoms with van der Waals surface area (Å²) in [7, 11) is 0. The molecule has 0 bridgehead atoms. The molecule has 238 valence electrons. The summed E-state index contributed by atoms with van der Waals surface area (Å²) in [5, 5.41) is 2.90. The number of hydrogen-bond acceptors (Lipinski definition) is 0. The Kier molecular flexibility index (Phi) is 6.17.